The van der Waals surface area contributed by atoms with Crippen molar-refractivity contribution in [2.75, 3.05) is 25.0 Å². The Hall–Kier alpha value is -1.62. The maximum absolute atomic E-state index is 13.2. The van der Waals surface area contributed by atoms with Crippen LogP contribution in [0, 0.1) is 12.7 Å². The maximum atomic E-state index is 13.2. The number of aliphatic hydroxyl groups is 1. The molecule has 0 saturated heterocycles. The van der Waals surface area contributed by atoms with Crippen molar-refractivity contribution in [3.8, 4) is 0 Å². The lowest BCUT2D eigenvalue weighted by Crippen LogP contribution is -2.36. The summed E-state index contributed by atoms with van der Waals surface area (Å²) >= 11 is 0. The van der Waals surface area contributed by atoms with Gasteiger partial charge < -0.3 is 15.3 Å². The lowest BCUT2D eigenvalue weighted by atomic mass is 10.2. The van der Waals surface area contributed by atoms with Gasteiger partial charge >= 0.3 is 6.03 Å². The van der Waals surface area contributed by atoms with E-state index in [0.717, 1.165) is 12.8 Å². The van der Waals surface area contributed by atoms with Crippen LogP contribution in [0.5, 0.6) is 0 Å². The summed E-state index contributed by atoms with van der Waals surface area (Å²) in [6.45, 7) is 4.95. The summed E-state index contributed by atoms with van der Waals surface area (Å²) in [6, 6.07) is 4.29. The average Bonchev–Trinajstić information content (AvgIpc) is 2.43. The fraction of sp³-hybridized carbons (Fsp3) is 0.533. The summed E-state index contributed by atoms with van der Waals surface area (Å²) in [4.78, 5) is 13.8. The van der Waals surface area contributed by atoms with Crippen molar-refractivity contribution in [1.82, 2.24) is 4.90 Å². The molecule has 0 radical (unpaired) electrons. The molecular weight excluding hydrogens is 259 g/mol. The first-order chi connectivity index (χ1) is 9.58. The van der Waals surface area contributed by atoms with Crippen LogP contribution in [0.4, 0.5) is 14.9 Å². The summed E-state index contributed by atoms with van der Waals surface area (Å²) in [5, 5.41) is 11.6. The van der Waals surface area contributed by atoms with Crippen LogP contribution in [0.2, 0.25) is 0 Å². The highest BCUT2D eigenvalue weighted by Crippen LogP contribution is 2.14. The molecule has 0 atom stereocenters. The minimum Gasteiger partial charge on any atom is -0.396 e. The normalized spacial score (nSPS) is 10.4. The number of halogens is 1. The summed E-state index contributed by atoms with van der Waals surface area (Å²) < 4.78 is 13.2. The van der Waals surface area contributed by atoms with E-state index < -0.39 is 0 Å². The van der Waals surface area contributed by atoms with Crippen molar-refractivity contribution in [3.05, 3.63) is 29.6 Å². The third-order valence-electron chi connectivity index (χ3n) is 3.06. The molecule has 112 valence electrons. The van der Waals surface area contributed by atoms with Gasteiger partial charge in [0.05, 0.1) is 0 Å². The summed E-state index contributed by atoms with van der Waals surface area (Å²) in [6.07, 6.45) is 2.47. The fourth-order valence-electron chi connectivity index (χ4n) is 1.85. The highest BCUT2D eigenvalue weighted by atomic mass is 19.1. The Bertz CT molecular complexity index is 430. The molecule has 0 bridgehead atoms. The van der Waals surface area contributed by atoms with Gasteiger partial charge in [0.1, 0.15) is 5.82 Å². The lowest BCUT2D eigenvalue weighted by molar-refractivity contribution is 0.201. The van der Waals surface area contributed by atoms with Crippen molar-refractivity contribution >= 4 is 11.7 Å². The predicted molar refractivity (Wildman–Crippen MR) is 78.3 cm³/mol. The summed E-state index contributed by atoms with van der Waals surface area (Å²) in [5.41, 5.74) is 1.08. The molecular formula is C15H23FN2O2. The van der Waals surface area contributed by atoms with Gasteiger partial charge in [0.15, 0.2) is 0 Å². The quantitative estimate of drug-likeness (QED) is 0.807. The molecule has 0 fully saturated rings. The van der Waals surface area contributed by atoms with Gasteiger partial charge in [-0.25, -0.2) is 9.18 Å². The summed E-state index contributed by atoms with van der Waals surface area (Å²) in [5.74, 6) is -0.286. The second-order valence-electron chi connectivity index (χ2n) is 4.81. The number of hydrogen-bond donors (Lipinski definition) is 2. The van der Waals surface area contributed by atoms with Crippen LogP contribution < -0.4 is 5.32 Å². The Morgan fingerprint density at radius 2 is 2.05 bits per heavy atom. The molecule has 1 rings (SSSR count). The zero-order chi connectivity index (χ0) is 15.0. The van der Waals surface area contributed by atoms with Crippen molar-refractivity contribution in [2.24, 2.45) is 0 Å². The standard InChI is InChI=1S/C15H23FN2O2/c1-3-4-8-18(9-5-10-19)15(20)17-13-6-7-14(16)12(2)11-13/h6-7,11,19H,3-5,8-10H2,1-2H3,(H,17,20). The van der Waals surface area contributed by atoms with E-state index in [2.05, 4.69) is 12.2 Å². The Labute approximate surface area is 119 Å². The van der Waals surface area contributed by atoms with Crippen LogP contribution in [0.3, 0.4) is 0 Å². The molecule has 0 aromatic heterocycles. The Kier molecular flexibility index (Phi) is 7.01. The first kappa shape index (κ1) is 16.4. The van der Waals surface area contributed by atoms with Gasteiger partial charge in [-0.05, 0) is 43.5 Å². The molecule has 4 nitrogen and oxygen atoms in total. The molecule has 0 aliphatic rings. The molecule has 0 saturated carbocycles. The van der Waals surface area contributed by atoms with Gasteiger partial charge in [-0.1, -0.05) is 13.3 Å². The number of carbonyl (C=O) groups is 1. The highest BCUT2D eigenvalue weighted by molar-refractivity contribution is 5.89. The van der Waals surface area contributed by atoms with Crippen LogP contribution in [0.25, 0.3) is 0 Å². The molecule has 2 N–H and O–H groups in total. The first-order valence-corrected chi connectivity index (χ1v) is 7.01. The number of carbonyl (C=O) groups excluding carboxylic acids is 1. The van der Waals surface area contributed by atoms with E-state index in [9.17, 15) is 9.18 Å². The minimum atomic E-state index is -0.286. The number of urea groups is 1. The minimum absolute atomic E-state index is 0.0611. The number of nitrogens with one attached hydrogen (secondary N) is 1. The third kappa shape index (κ3) is 5.17. The zero-order valence-corrected chi connectivity index (χ0v) is 12.2. The Morgan fingerprint density at radius 3 is 2.65 bits per heavy atom. The van der Waals surface area contributed by atoms with Crippen LogP contribution in [0.15, 0.2) is 18.2 Å². The van der Waals surface area contributed by atoms with E-state index in [0.29, 0.717) is 30.8 Å². The number of anilines is 1. The van der Waals surface area contributed by atoms with Gasteiger partial charge in [0, 0.05) is 25.4 Å². The van der Waals surface area contributed by atoms with Crippen molar-refractivity contribution in [3.63, 3.8) is 0 Å². The largest absolute Gasteiger partial charge is 0.396 e. The van der Waals surface area contributed by atoms with Crippen LogP contribution >= 0.6 is 0 Å². The number of amides is 2. The number of hydrogen-bond acceptors (Lipinski definition) is 2. The van der Waals surface area contributed by atoms with Crippen molar-refractivity contribution in [2.45, 2.75) is 33.1 Å². The zero-order valence-electron chi connectivity index (χ0n) is 12.2. The van der Waals surface area contributed by atoms with Crippen LogP contribution in [-0.2, 0) is 0 Å². The molecule has 0 aliphatic heterocycles. The number of aryl methyl sites for hydroxylation is 1. The number of benzene rings is 1. The topological polar surface area (TPSA) is 52.6 Å². The summed E-state index contributed by atoms with van der Waals surface area (Å²) in [7, 11) is 0. The van der Waals surface area contributed by atoms with Gasteiger partial charge in [0.25, 0.3) is 0 Å². The average molecular weight is 282 g/mol. The molecule has 0 aliphatic carbocycles. The van der Waals surface area contributed by atoms with E-state index in [4.69, 9.17) is 5.11 Å². The molecule has 20 heavy (non-hydrogen) atoms. The fourth-order valence-corrected chi connectivity index (χ4v) is 1.85. The third-order valence-corrected chi connectivity index (χ3v) is 3.06. The van der Waals surface area contributed by atoms with Gasteiger partial charge in [0.2, 0.25) is 0 Å². The van der Waals surface area contributed by atoms with Crippen molar-refractivity contribution < 1.29 is 14.3 Å². The van der Waals surface area contributed by atoms with Crippen LogP contribution in [0.1, 0.15) is 31.7 Å². The number of unbranched alkanes of at least 4 members (excludes halogenated alkanes) is 1. The molecule has 0 unspecified atom stereocenters. The molecule has 5 heteroatoms. The molecule has 0 heterocycles. The predicted octanol–water partition coefficient (Wildman–Crippen LogP) is 3.15. The second kappa shape index (κ2) is 8.53. The smallest absolute Gasteiger partial charge is 0.321 e. The highest BCUT2D eigenvalue weighted by Gasteiger charge is 2.13. The monoisotopic (exact) mass is 282 g/mol. The maximum Gasteiger partial charge on any atom is 0.321 e. The van der Waals surface area contributed by atoms with Crippen molar-refractivity contribution in [1.29, 1.82) is 0 Å². The second-order valence-corrected chi connectivity index (χ2v) is 4.81. The van der Waals surface area contributed by atoms with Gasteiger partial charge in [-0.3, -0.25) is 0 Å². The Morgan fingerprint density at radius 1 is 1.35 bits per heavy atom. The van der Waals surface area contributed by atoms with E-state index in [1.165, 1.54) is 6.07 Å². The number of rotatable bonds is 7. The van der Waals surface area contributed by atoms with Gasteiger partial charge in [-0.15, -0.1) is 0 Å². The molecule has 0 spiro atoms. The SMILES string of the molecule is CCCCN(CCCO)C(=O)Nc1ccc(F)c(C)c1. The van der Waals surface area contributed by atoms with E-state index in [1.807, 2.05) is 0 Å². The van der Waals surface area contributed by atoms with E-state index >= 15 is 0 Å². The van der Waals surface area contributed by atoms with Crippen LogP contribution in [-0.4, -0.2) is 35.7 Å². The number of nitrogens with zero attached hydrogens (tertiary/aromatic N) is 1. The lowest BCUT2D eigenvalue weighted by Gasteiger charge is -2.22. The molecule has 1 aromatic rings. The van der Waals surface area contributed by atoms with Gasteiger partial charge in [-0.2, -0.15) is 0 Å². The molecule has 2 amide bonds. The number of aliphatic hydroxyl groups excluding tert-OH is 1. The van der Waals surface area contributed by atoms with E-state index in [1.54, 1.807) is 24.0 Å². The molecule has 1 aromatic carbocycles. The van der Waals surface area contributed by atoms with E-state index in [-0.39, 0.29) is 18.5 Å². The Balaban J connectivity index is 2.65. The first-order valence-electron chi connectivity index (χ1n) is 7.01.